The number of fused-ring (bicyclic) bond motifs is 1. The number of halogens is 1. The van der Waals surface area contributed by atoms with Crippen molar-refractivity contribution in [3.8, 4) is 0 Å². The van der Waals surface area contributed by atoms with Gasteiger partial charge in [-0.1, -0.05) is 22.9 Å². The van der Waals surface area contributed by atoms with Crippen LogP contribution < -0.4 is 4.80 Å². The fraction of sp³-hybridized carbons (Fsp3) is 0.364. The second kappa shape index (κ2) is 10.7. The number of rotatable bonds is 8. The van der Waals surface area contributed by atoms with Gasteiger partial charge in [-0.2, -0.15) is 16.8 Å². The highest BCUT2D eigenvalue weighted by Crippen LogP contribution is 2.23. The van der Waals surface area contributed by atoms with Gasteiger partial charge in [-0.3, -0.25) is 4.79 Å². The zero-order valence-electron chi connectivity index (χ0n) is 16.9. The Morgan fingerprint density at radius 1 is 1.14 bits per heavy atom. The van der Waals surface area contributed by atoms with Crippen molar-refractivity contribution in [3.05, 3.63) is 57.3 Å². The van der Waals surface area contributed by atoms with Crippen molar-refractivity contribution in [2.24, 2.45) is 4.99 Å². The van der Waals surface area contributed by atoms with Crippen LogP contribution in [0.1, 0.15) is 24.0 Å². The molecule has 7 heteroatoms. The number of aryl methyl sites for hydroxylation is 3. The van der Waals surface area contributed by atoms with Gasteiger partial charge in [-0.15, -0.1) is 11.8 Å². The molecule has 0 aliphatic rings. The van der Waals surface area contributed by atoms with E-state index in [1.165, 1.54) is 26.2 Å². The van der Waals surface area contributed by atoms with E-state index in [-0.39, 0.29) is 5.91 Å². The van der Waals surface area contributed by atoms with E-state index in [0.717, 1.165) is 34.3 Å². The SMILES string of the molecule is CSCCn1c(=NC(=O)CCCSc2ccc(Cl)cc2)sc2cc(C)c(C)cc21. The summed E-state index contributed by atoms with van der Waals surface area (Å²) < 4.78 is 3.39. The van der Waals surface area contributed by atoms with Crippen LogP contribution in [0.5, 0.6) is 0 Å². The van der Waals surface area contributed by atoms with Crippen molar-refractivity contribution in [3.63, 3.8) is 0 Å². The van der Waals surface area contributed by atoms with Crippen molar-refractivity contribution >= 4 is 62.6 Å². The summed E-state index contributed by atoms with van der Waals surface area (Å²) in [7, 11) is 0. The van der Waals surface area contributed by atoms with Gasteiger partial charge in [-0.05, 0) is 79.8 Å². The summed E-state index contributed by atoms with van der Waals surface area (Å²) in [5.74, 6) is 1.84. The Kier molecular flexibility index (Phi) is 8.30. The highest BCUT2D eigenvalue weighted by atomic mass is 35.5. The van der Waals surface area contributed by atoms with Crippen LogP contribution >= 0.6 is 46.5 Å². The zero-order chi connectivity index (χ0) is 20.8. The molecule has 0 radical (unpaired) electrons. The number of hydrogen-bond acceptors (Lipinski definition) is 4. The highest BCUT2D eigenvalue weighted by Gasteiger charge is 2.10. The van der Waals surface area contributed by atoms with Crippen LogP contribution in [0, 0.1) is 13.8 Å². The number of hydrogen-bond donors (Lipinski definition) is 0. The third-order valence-electron chi connectivity index (χ3n) is 4.65. The number of aromatic nitrogens is 1. The predicted molar refractivity (Wildman–Crippen MR) is 130 cm³/mol. The second-order valence-electron chi connectivity index (χ2n) is 6.84. The molecule has 3 rings (SSSR count). The minimum absolute atomic E-state index is 0.0420. The first-order valence-electron chi connectivity index (χ1n) is 9.53. The Hall–Kier alpha value is -1.21. The molecule has 0 saturated heterocycles. The van der Waals surface area contributed by atoms with E-state index in [1.54, 1.807) is 34.9 Å². The van der Waals surface area contributed by atoms with E-state index in [0.29, 0.717) is 6.42 Å². The first-order valence-corrected chi connectivity index (χ1v) is 13.1. The summed E-state index contributed by atoms with van der Waals surface area (Å²) in [5, 5.41) is 0.742. The Bertz CT molecular complexity index is 1050. The third kappa shape index (κ3) is 6.14. The van der Waals surface area contributed by atoms with Gasteiger partial charge in [-0.25, -0.2) is 0 Å². The van der Waals surface area contributed by atoms with Crippen LogP contribution in [0.3, 0.4) is 0 Å². The van der Waals surface area contributed by atoms with E-state index in [9.17, 15) is 4.79 Å². The van der Waals surface area contributed by atoms with E-state index in [1.807, 2.05) is 24.3 Å². The molecule has 0 N–H and O–H groups in total. The number of amides is 1. The minimum atomic E-state index is -0.0420. The molecule has 0 atom stereocenters. The van der Waals surface area contributed by atoms with Crippen LogP contribution in [-0.2, 0) is 11.3 Å². The summed E-state index contributed by atoms with van der Waals surface area (Å²) in [5.41, 5.74) is 3.72. The lowest BCUT2D eigenvalue weighted by molar-refractivity contribution is -0.118. The van der Waals surface area contributed by atoms with Crippen LogP contribution in [0.15, 0.2) is 46.3 Å². The van der Waals surface area contributed by atoms with E-state index < -0.39 is 0 Å². The summed E-state index contributed by atoms with van der Waals surface area (Å²) in [6.07, 6.45) is 3.38. The fourth-order valence-corrected chi connectivity index (χ4v) is 5.41. The summed E-state index contributed by atoms with van der Waals surface area (Å²) in [6.45, 7) is 5.12. The number of benzene rings is 2. The van der Waals surface area contributed by atoms with E-state index in [4.69, 9.17) is 11.6 Å². The maximum absolute atomic E-state index is 12.5. The van der Waals surface area contributed by atoms with Gasteiger partial charge in [0.25, 0.3) is 0 Å². The lowest BCUT2D eigenvalue weighted by Gasteiger charge is -2.06. The van der Waals surface area contributed by atoms with Gasteiger partial charge in [0, 0.05) is 28.6 Å². The molecule has 1 aromatic heterocycles. The first-order chi connectivity index (χ1) is 14.0. The molecular weight excluding hydrogens is 440 g/mol. The molecule has 0 unspecified atom stereocenters. The number of carbonyl (C=O) groups is 1. The molecule has 0 bridgehead atoms. The van der Waals surface area contributed by atoms with Crippen molar-refractivity contribution in [1.29, 1.82) is 0 Å². The van der Waals surface area contributed by atoms with Gasteiger partial charge in [0.15, 0.2) is 4.80 Å². The molecule has 0 aliphatic heterocycles. The third-order valence-corrected chi connectivity index (χ3v) is 7.64. The molecule has 0 fully saturated rings. The fourth-order valence-electron chi connectivity index (χ4n) is 2.91. The average molecular weight is 465 g/mol. The van der Waals surface area contributed by atoms with Gasteiger partial charge in [0.2, 0.25) is 5.91 Å². The van der Waals surface area contributed by atoms with Crippen LogP contribution in [0.25, 0.3) is 10.2 Å². The van der Waals surface area contributed by atoms with E-state index >= 15 is 0 Å². The molecule has 29 heavy (non-hydrogen) atoms. The molecule has 1 heterocycles. The van der Waals surface area contributed by atoms with Crippen LogP contribution in [0.4, 0.5) is 0 Å². The summed E-state index contributed by atoms with van der Waals surface area (Å²) in [6, 6.07) is 12.2. The van der Waals surface area contributed by atoms with Crippen LogP contribution in [-0.4, -0.2) is 28.2 Å². The standard InChI is InChI=1S/C22H25ClN2OS3/c1-15-13-19-20(14-16(15)2)29-22(25(19)10-12-27-3)24-21(26)5-4-11-28-18-8-6-17(23)7-9-18/h6-9,13-14H,4-5,10-12H2,1-3H3. The monoisotopic (exact) mass is 464 g/mol. The predicted octanol–water partition coefficient (Wildman–Crippen LogP) is 6.34. The number of thioether (sulfide) groups is 2. The number of carbonyl (C=O) groups excluding carboxylic acids is 1. The Morgan fingerprint density at radius 3 is 2.59 bits per heavy atom. The molecule has 2 aromatic carbocycles. The zero-order valence-corrected chi connectivity index (χ0v) is 20.1. The normalized spacial score (nSPS) is 12.1. The van der Waals surface area contributed by atoms with Gasteiger partial charge < -0.3 is 4.57 Å². The van der Waals surface area contributed by atoms with Crippen molar-refractivity contribution in [2.45, 2.75) is 38.1 Å². The first kappa shape index (κ1) is 22.5. The minimum Gasteiger partial charge on any atom is -0.316 e. The second-order valence-corrected chi connectivity index (χ2v) is 10.4. The smallest absolute Gasteiger partial charge is 0.248 e. The highest BCUT2D eigenvalue weighted by molar-refractivity contribution is 7.99. The topological polar surface area (TPSA) is 34.4 Å². The Balaban J connectivity index is 1.70. The Labute approximate surface area is 189 Å². The van der Waals surface area contributed by atoms with Crippen molar-refractivity contribution < 1.29 is 4.79 Å². The average Bonchev–Trinajstić information content (AvgIpc) is 3.01. The largest absolute Gasteiger partial charge is 0.316 e. The van der Waals surface area contributed by atoms with Gasteiger partial charge >= 0.3 is 0 Å². The maximum Gasteiger partial charge on any atom is 0.248 e. The van der Waals surface area contributed by atoms with Crippen molar-refractivity contribution in [2.75, 3.05) is 17.8 Å². The van der Waals surface area contributed by atoms with Gasteiger partial charge in [0.1, 0.15) is 0 Å². The molecule has 0 aliphatic carbocycles. The molecule has 3 nitrogen and oxygen atoms in total. The molecule has 3 aromatic rings. The van der Waals surface area contributed by atoms with E-state index in [2.05, 4.69) is 41.8 Å². The van der Waals surface area contributed by atoms with Gasteiger partial charge in [0.05, 0.1) is 10.2 Å². The molecule has 0 spiro atoms. The van der Waals surface area contributed by atoms with Crippen molar-refractivity contribution in [1.82, 2.24) is 4.57 Å². The molecular formula is C22H25ClN2OS3. The molecule has 0 saturated carbocycles. The lowest BCUT2D eigenvalue weighted by Crippen LogP contribution is -2.18. The number of nitrogens with zero attached hydrogens (tertiary/aromatic N) is 2. The number of thiazole rings is 1. The molecule has 154 valence electrons. The summed E-state index contributed by atoms with van der Waals surface area (Å²) in [4.78, 5) is 19.0. The summed E-state index contributed by atoms with van der Waals surface area (Å²) >= 11 is 11.1. The van der Waals surface area contributed by atoms with Crippen LogP contribution in [0.2, 0.25) is 5.02 Å². The molecule has 1 amide bonds. The maximum atomic E-state index is 12.5. The Morgan fingerprint density at radius 2 is 1.86 bits per heavy atom. The quantitative estimate of drug-likeness (QED) is 0.288. The lowest BCUT2D eigenvalue weighted by atomic mass is 10.1.